The van der Waals surface area contributed by atoms with E-state index in [1.54, 1.807) is 4.90 Å². The number of hydrogen-bond donors (Lipinski definition) is 4. The molecule has 1 aromatic rings. The standard InChI is InChI=1S/C19H30N6O2/c20-15(13-14-7-2-1-3-8-14)18(27)25-12-6-9-16(25)17(26)23-10-4-5-11-24-19(21)22/h1-3,7-8,15-16H,4-6,9-13,20H2,(H,23,26)(H4,21,22,24)/t15-,16?/m1/s1. The number of nitrogens with one attached hydrogen (secondary N) is 1. The van der Waals surface area contributed by atoms with Gasteiger partial charge < -0.3 is 27.4 Å². The number of likely N-dealkylation sites (tertiary alicyclic amines) is 1. The summed E-state index contributed by atoms with van der Waals surface area (Å²) in [5.41, 5.74) is 17.7. The van der Waals surface area contributed by atoms with Crippen LogP contribution in [0.15, 0.2) is 35.3 Å². The molecule has 8 nitrogen and oxygen atoms in total. The van der Waals surface area contributed by atoms with Gasteiger partial charge in [0.2, 0.25) is 11.8 Å². The fourth-order valence-electron chi connectivity index (χ4n) is 3.25. The summed E-state index contributed by atoms with van der Waals surface area (Å²) in [6, 6.07) is 8.59. The Bertz CT molecular complexity index is 645. The van der Waals surface area contributed by atoms with Gasteiger partial charge >= 0.3 is 0 Å². The van der Waals surface area contributed by atoms with Gasteiger partial charge in [-0.25, -0.2) is 0 Å². The molecule has 7 N–H and O–H groups in total. The van der Waals surface area contributed by atoms with Gasteiger partial charge in [-0.1, -0.05) is 30.3 Å². The molecule has 0 bridgehead atoms. The molecule has 27 heavy (non-hydrogen) atoms. The molecule has 0 saturated carbocycles. The van der Waals surface area contributed by atoms with Crippen molar-refractivity contribution in [3.8, 4) is 0 Å². The average Bonchev–Trinajstić information content (AvgIpc) is 3.14. The van der Waals surface area contributed by atoms with Crippen LogP contribution in [0.4, 0.5) is 0 Å². The van der Waals surface area contributed by atoms with Crippen molar-refractivity contribution in [1.82, 2.24) is 10.2 Å². The summed E-state index contributed by atoms with van der Waals surface area (Å²) >= 11 is 0. The van der Waals surface area contributed by atoms with Crippen LogP contribution in [0.2, 0.25) is 0 Å². The molecule has 2 rings (SSSR count). The molecule has 1 saturated heterocycles. The van der Waals surface area contributed by atoms with Crippen LogP contribution in [-0.2, 0) is 16.0 Å². The van der Waals surface area contributed by atoms with Crippen molar-refractivity contribution in [2.75, 3.05) is 19.6 Å². The minimum absolute atomic E-state index is 0.0750. The van der Waals surface area contributed by atoms with Gasteiger partial charge in [0.25, 0.3) is 0 Å². The van der Waals surface area contributed by atoms with Crippen molar-refractivity contribution < 1.29 is 9.59 Å². The largest absolute Gasteiger partial charge is 0.370 e. The number of rotatable bonds is 9. The van der Waals surface area contributed by atoms with Crippen LogP contribution < -0.4 is 22.5 Å². The molecule has 2 atom stereocenters. The first-order chi connectivity index (χ1) is 13.0. The third kappa shape index (κ3) is 6.56. The number of guanidine groups is 1. The Morgan fingerprint density at radius 1 is 1.22 bits per heavy atom. The predicted octanol–water partition coefficient (Wildman–Crippen LogP) is -0.283. The highest BCUT2D eigenvalue weighted by atomic mass is 16.2. The number of carbonyl (C=O) groups is 2. The molecule has 1 aliphatic heterocycles. The molecule has 1 fully saturated rings. The molecule has 1 aliphatic rings. The highest BCUT2D eigenvalue weighted by Gasteiger charge is 2.35. The van der Waals surface area contributed by atoms with E-state index in [1.165, 1.54) is 0 Å². The first-order valence-electron chi connectivity index (χ1n) is 9.42. The zero-order chi connectivity index (χ0) is 19.6. The Morgan fingerprint density at radius 2 is 1.96 bits per heavy atom. The average molecular weight is 374 g/mol. The van der Waals surface area contributed by atoms with E-state index in [9.17, 15) is 9.59 Å². The van der Waals surface area contributed by atoms with E-state index in [1.807, 2.05) is 30.3 Å². The fraction of sp³-hybridized carbons (Fsp3) is 0.526. The van der Waals surface area contributed by atoms with Crippen LogP contribution in [0.1, 0.15) is 31.2 Å². The maximum Gasteiger partial charge on any atom is 0.242 e. The van der Waals surface area contributed by atoms with Gasteiger partial charge in [0.1, 0.15) is 6.04 Å². The van der Waals surface area contributed by atoms with Crippen LogP contribution >= 0.6 is 0 Å². The Hall–Kier alpha value is -2.61. The topological polar surface area (TPSA) is 140 Å². The lowest BCUT2D eigenvalue weighted by Crippen LogP contribution is -2.51. The first kappa shape index (κ1) is 20.7. The van der Waals surface area contributed by atoms with Gasteiger partial charge in [-0.15, -0.1) is 0 Å². The van der Waals surface area contributed by atoms with Crippen LogP contribution in [0.5, 0.6) is 0 Å². The fourth-order valence-corrected chi connectivity index (χ4v) is 3.25. The second kappa shape index (κ2) is 10.5. The molecule has 0 radical (unpaired) electrons. The van der Waals surface area contributed by atoms with E-state index >= 15 is 0 Å². The maximum absolute atomic E-state index is 12.7. The normalized spacial score (nSPS) is 17.4. The van der Waals surface area contributed by atoms with E-state index in [0.717, 1.165) is 24.8 Å². The van der Waals surface area contributed by atoms with Gasteiger partial charge in [0, 0.05) is 19.6 Å². The van der Waals surface area contributed by atoms with Crippen molar-refractivity contribution in [3.05, 3.63) is 35.9 Å². The number of amides is 2. The van der Waals surface area contributed by atoms with Crippen LogP contribution in [0.25, 0.3) is 0 Å². The van der Waals surface area contributed by atoms with Crippen molar-refractivity contribution in [2.24, 2.45) is 22.2 Å². The van der Waals surface area contributed by atoms with Gasteiger partial charge in [-0.3, -0.25) is 14.6 Å². The number of nitrogens with two attached hydrogens (primary N) is 3. The lowest BCUT2D eigenvalue weighted by molar-refractivity contribution is -0.139. The lowest BCUT2D eigenvalue weighted by atomic mass is 10.1. The minimum Gasteiger partial charge on any atom is -0.370 e. The quantitative estimate of drug-likeness (QED) is 0.267. The van der Waals surface area contributed by atoms with E-state index in [0.29, 0.717) is 32.5 Å². The lowest BCUT2D eigenvalue weighted by Gasteiger charge is -2.26. The Kier molecular flexibility index (Phi) is 8.06. The number of unbranched alkanes of at least 4 members (excludes halogenated alkanes) is 1. The molecule has 8 heteroatoms. The Balaban J connectivity index is 1.79. The van der Waals surface area contributed by atoms with E-state index in [4.69, 9.17) is 17.2 Å². The van der Waals surface area contributed by atoms with E-state index in [2.05, 4.69) is 10.3 Å². The molecular weight excluding hydrogens is 344 g/mol. The summed E-state index contributed by atoms with van der Waals surface area (Å²) in [5, 5.41) is 2.90. The van der Waals surface area contributed by atoms with E-state index in [-0.39, 0.29) is 17.8 Å². The first-order valence-corrected chi connectivity index (χ1v) is 9.42. The number of benzene rings is 1. The molecule has 148 valence electrons. The minimum atomic E-state index is -0.639. The third-order valence-corrected chi connectivity index (χ3v) is 4.63. The number of carbonyl (C=O) groups excluding carboxylic acids is 2. The molecule has 1 aromatic carbocycles. The van der Waals surface area contributed by atoms with Crippen molar-refractivity contribution in [1.29, 1.82) is 0 Å². The highest BCUT2D eigenvalue weighted by molar-refractivity contribution is 5.90. The second-order valence-corrected chi connectivity index (χ2v) is 6.79. The van der Waals surface area contributed by atoms with Gasteiger partial charge in [0.15, 0.2) is 5.96 Å². The van der Waals surface area contributed by atoms with Gasteiger partial charge in [-0.05, 0) is 37.7 Å². The summed E-state index contributed by atoms with van der Waals surface area (Å²) in [5.74, 6) is -0.204. The predicted molar refractivity (Wildman–Crippen MR) is 106 cm³/mol. The third-order valence-electron chi connectivity index (χ3n) is 4.63. The summed E-state index contributed by atoms with van der Waals surface area (Å²) in [7, 11) is 0. The molecule has 0 spiro atoms. The van der Waals surface area contributed by atoms with Crippen molar-refractivity contribution in [3.63, 3.8) is 0 Å². The summed E-state index contributed by atoms with van der Waals surface area (Å²) in [6.45, 7) is 1.65. The van der Waals surface area contributed by atoms with Crippen molar-refractivity contribution in [2.45, 2.75) is 44.2 Å². The maximum atomic E-state index is 12.7. The molecular formula is C19H30N6O2. The monoisotopic (exact) mass is 374 g/mol. The molecule has 0 aromatic heterocycles. The summed E-state index contributed by atoms with van der Waals surface area (Å²) in [6.07, 6.45) is 3.51. The van der Waals surface area contributed by atoms with Gasteiger partial charge in [0.05, 0.1) is 6.04 Å². The number of nitrogens with zero attached hydrogens (tertiary/aromatic N) is 2. The molecule has 0 aliphatic carbocycles. The summed E-state index contributed by atoms with van der Waals surface area (Å²) < 4.78 is 0. The van der Waals surface area contributed by atoms with Crippen LogP contribution in [0.3, 0.4) is 0 Å². The highest BCUT2D eigenvalue weighted by Crippen LogP contribution is 2.19. The summed E-state index contributed by atoms with van der Waals surface area (Å²) in [4.78, 5) is 30.7. The number of aliphatic imine (C=N–C) groups is 1. The molecule has 2 amide bonds. The van der Waals surface area contributed by atoms with E-state index < -0.39 is 12.1 Å². The smallest absolute Gasteiger partial charge is 0.242 e. The zero-order valence-corrected chi connectivity index (χ0v) is 15.6. The Morgan fingerprint density at radius 3 is 2.67 bits per heavy atom. The molecule has 1 heterocycles. The van der Waals surface area contributed by atoms with Crippen molar-refractivity contribution >= 4 is 17.8 Å². The van der Waals surface area contributed by atoms with Crippen LogP contribution in [0, 0.1) is 0 Å². The Labute approximate surface area is 160 Å². The number of hydrogen-bond acceptors (Lipinski definition) is 4. The molecule has 1 unspecified atom stereocenters. The van der Waals surface area contributed by atoms with Gasteiger partial charge in [-0.2, -0.15) is 0 Å². The van der Waals surface area contributed by atoms with Crippen LogP contribution in [-0.4, -0.2) is 54.4 Å². The second-order valence-electron chi connectivity index (χ2n) is 6.79. The SMILES string of the molecule is NC(N)=NCCCCNC(=O)C1CCCN1C(=O)[C@H](N)Cc1ccccc1. The zero-order valence-electron chi connectivity index (χ0n) is 15.6.